The summed E-state index contributed by atoms with van der Waals surface area (Å²) in [6.45, 7) is 1.51. The molecular weight excluding hydrogens is 379 g/mol. The highest BCUT2D eigenvalue weighted by Gasteiger charge is 2.67. The molecule has 2 heterocycles. The molecule has 2 saturated heterocycles. The maximum atomic E-state index is 14.4. The number of anilines is 1. The molecular formula is C21H19FN2O5. The first kappa shape index (κ1) is 19.1. The number of nitrogens with zero attached hydrogens (tertiary/aromatic N) is 1. The van der Waals surface area contributed by atoms with Crippen LogP contribution in [0.25, 0.3) is 0 Å². The number of phenols is 1. The molecule has 2 N–H and O–H groups in total. The van der Waals surface area contributed by atoms with Crippen molar-refractivity contribution in [3.8, 4) is 5.75 Å². The molecule has 4 rings (SSSR count). The van der Waals surface area contributed by atoms with E-state index >= 15 is 0 Å². The van der Waals surface area contributed by atoms with E-state index in [1.165, 1.54) is 50.4 Å². The number of rotatable bonds is 3. The van der Waals surface area contributed by atoms with E-state index in [-0.39, 0.29) is 11.4 Å². The second-order valence-corrected chi connectivity index (χ2v) is 7.37. The molecule has 0 spiro atoms. The Balaban J connectivity index is 1.84. The van der Waals surface area contributed by atoms with Gasteiger partial charge in [-0.05, 0) is 36.8 Å². The van der Waals surface area contributed by atoms with Crippen LogP contribution in [0, 0.1) is 17.7 Å². The van der Waals surface area contributed by atoms with Gasteiger partial charge in [-0.25, -0.2) is 9.29 Å². The molecule has 2 aromatic carbocycles. The molecule has 150 valence electrons. The lowest BCUT2D eigenvalue weighted by molar-refractivity contribution is -0.151. The minimum Gasteiger partial charge on any atom is -0.508 e. The Morgan fingerprint density at radius 2 is 1.79 bits per heavy atom. The molecule has 0 bridgehead atoms. The number of phenolic OH excluding ortho intramolecular Hbond substituents is 1. The van der Waals surface area contributed by atoms with Crippen LogP contribution < -0.4 is 10.2 Å². The first-order valence-electron chi connectivity index (χ1n) is 9.07. The smallest absolute Gasteiger partial charge is 0.326 e. The molecule has 2 aliphatic rings. The zero-order valence-electron chi connectivity index (χ0n) is 15.8. The Kier molecular flexibility index (Phi) is 4.38. The number of amides is 2. The molecule has 2 amide bonds. The average Bonchev–Trinajstić information content (AvgIpc) is 3.17. The molecule has 29 heavy (non-hydrogen) atoms. The van der Waals surface area contributed by atoms with E-state index in [0.717, 1.165) is 4.90 Å². The van der Waals surface area contributed by atoms with Crippen LogP contribution in [0.3, 0.4) is 0 Å². The van der Waals surface area contributed by atoms with E-state index in [0.29, 0.717) is 5.56 Å². The Bertz CT molecular complexity index is 1010. The minimum atomic E-state index is -1.48. The maximum absolute atomic E-state index is 14.4. The summed E-state index contributed by atoms with van der Waals surface area (Å²) in [6, 6.07) is 10.9. The van der Waals surface area contributed by atoms with Gasteiger partial charge >= 0.3 is 5.97 Å². The van der Waals surface area contributed by atoms with Gasteiger partial charge in [-0.2, -0.15) is 0 Å². The number of halogens is 1. The quantitative estimate of drug-likeness (QED) is 0.606. The number of para-hydroxylation sites is 1. The number of ether oxygens (including phenoxy) is 1. The van der Waals surface area contributed by atoms with Gasteiger partial charge in [0.2, 0.25) is 11.8 Å². The number of methoxy groups -OCH3 is 1. The second kappa shape index (κ2) is 6.66. The number of hydrogen-bond donors (Lipinski definition) is 2. The van der Waals surface area contributed by atoms with Crippen LogP contribution in [0.4, 0.5) is 10.1 Å². The van der Waals surface area contributed by atoms with Crippen LogP contribution in [0.5, 0.6) is 5.75 Å². The molecule has 2 fully saturated rings. The highest BCUT2D eigenvalue weighted by atomic mass is 19.1. The number of benzene rings is 2. The number of nitrogens with one attached hydrogen (secondary N) is 1. The predicted octanol–water partition coefficient (Wildman–Crippen LogP) is 1.91. The number of imide groups is 1. The van der Waals surface area contributed by atoms with Gasteiger partial charge in [0.05, 0.1) is 24.6 Å². The number of esters is 1. The van der Waals surface area contributed by atoms with Crippen LogP contribution in [0.2, 0.25) is 0 Å². The Labute approximate surface area is 166 Å². The summed E-state index contributed by atoms with van der Waals surface area (Å²) in [4.78, 5) is 40.0. The summed E-state index contributed by atoms with van der Waals surface area (Å²) < 4.78 is 19.3. The van der Waals surface area contributed by atoms with Crippen LogP contribution in [0.1, 0.15) is 18.5 Å². The van der Waals surface area contributed by atoms with Crippen molar-refractivity contribution >= 4 is 23.5 Å². The van der Waals surface area contributed by atoms with Crippen molar-refractivity contribution in [2.45, 2.75) is 18.5 Å². The van der Waals surface area contributed by atoms with Crippen molar-refractivity contribution in [1.29, 1.82) is 0 Å². The third-order valence-electron chi connectivity index (χ3n) is 5.74. The third kappa shape index (κ3) is 2.71. The molecule has 2 aliphatic heterocycles. The largest absolute Gasteiger partial charge is 0.508 e. The van der Waals surface area contributed by atoms with E-state index < -0.39 is 47.0 Å². The number of carbonyl (C=O) groups excluding carboxylic acids is 3. The molecule has 0 saturated carbocycles. The minimum absolute atomic E-state index is 0.0424. The van der Waals surface area contributed by atoms with Crippen molar-refractivity contribution in [1.82, 2.24) is 5.32 Å². The fourth-order valence-corrected chi connectivity index (χ4v) is 4.38. The lowest BCUT2D eigenvalue weighted by atomic mass is 9.80. The van der Waals surface area contributed by atoms with Gasteiger partial charge in [-0.15, -0.1) is 0 Å². The van der Waals surface area contributed by atoms with Gasteiger partial charge in [0.1, 0.15) is 17.1 Å². The number of fused-ring (bicyclic) bond motifs is 1. The highest BCUT2D eigenvalue weighted by molar-refractivity contribution is 6.24. The van der Waals surface area contributed by atoms with Crippen LogP contribution in [-0.2, 0) is 19.1 Å². The van der Waals surface area contributed by atoms with Gasteiger partial charge < -0.3 is 9.84 Å². The molecule has 8 heteroatoms. The molecule has 0 aliphatic carbocycles. The van der Waals surface area contributed by atoms with Gasteiger partial charge in [0, 0.05) is 6.04 Å². The summed E-state index contributed by atoms with van der Waals surface area (Å²) in [5.41, 5.74) is -1.01. The fraction of sp³-hybridized carbons (Fsp3) is 0.286. The number of hydrogen-bond acceptors (Lipinski definition) is 6. The maximum Gasteiger partial charge on any atom is 0.326 e. The molecule has 2 aromatic rings. The van der Waals surface area contributed by atoms with Crippen molar-refractivity contribution < 1.29 is 28.6 Å². The summed E-state index contributed by atoms with van der Waals surface area (Å²) in [5.74, 6) is -4.61. The van der Waals surface area contributed by atoms with E-state index in [1.807, 2.05) is 0 Å². The number of aromatic hydroxyl groups is 1. The summed E-state index contributed by atoms with van der Waals surface area (Å²) in [7, 11) is 1.20. The fourth-order valence-electron chi connectivity index (χ4n) is 4.38. The van der Waals surface area contributed by atoms with Crippen LogP contribution in [0.15, 0.2) is 48.5 Å². The zero-order valence-corrected chi connectivity index (χ0v) is 15.8. The monoisotopic (exact) mass is 398 g/mol. The summed E-state index contributed by atoms with van der Waals surface area (Å²) >= 11 is 0. The lowest BCUT2D eigenvalue weighted by Gasteiger charge is -2.28. The van der Waals surface area contributed by atoms with Gasteiger partial charge in [0.15, 0.2) is 0 Å². The second-order valence-electron chi connectivity index (χ2n) is 7.37. The van der Waals surface area contributed by atoms with Gasteiger partial charge in [-0.3, -0.25) is 19.7 Å². The Morgan fingerprint density at radius 1 is 1.14 bits per heavy atom. The van der Waals surface area contributed by atoms with E-state index in [2.05, 4.69) is 5.32 Å². The van der Waals surface area contributed by atoms with Crippen LogP contribution in [-0.4, -0.2) is 35.5 Å². The van der Waals surface area contributed by atoms with Crippen LogP contribution >= 0.6 is 0 Å². The topological polar surface area (TPSA) is 95.9 Å². The lowest BCUT2D eigenvalue weighted by Crippen LogP contribution is -2.54. The highest BCUT2D eigenvalue weighted by Crippen LogP contribution is 2.50. The zero-order chi connectivity index (χ0) is 20.9. The average molecular weight is 398 g/mol. The number of carbonyl (C=O) groups is 3. The first-order valence-corrected chi connectivity index (χ1v) is 9.07. The summed E-state index contributed by atoms with van der Waals surface area (Å²) in [6.07, 6.45) is 0. The summed E-state index contributed by atoms with van der Waals surface area (Å²) in [5, 5.41) is 12.7. The van der Waals surface area contributed by atoms with E-state index in [1.54, 1.807) is 12.1 Å². The van der Waals surface area contributed by atoms with Gasteiger partial charge in [-0.1, -0.05) is 24.3 Å². The molecule has 7 nitrogen and oxygen atoms in total. The SMILES string of the molecule is COC(=O)[C@@]1(C)N[C@@H](c2ccc(O)cc2)[C@H]2C(=O)N(c3ccccc3F)C(=O)[C@@H]21. The van der Waals surface area contributed by atoms with Crippen molar-refractivity contribution in [2.75, 3.05) is 12.0 Å². The Morgan fingerprint density at radius 3 is 2.41 bits per heavy atom. The third-order valence-corrected chi connectivity index (χ3v) is 5.74. The first-order chi connectivity index (χ1) is 13.8. The standard InChI is InChI=1S/C21H19FN2O5/c1-21(20(28)29-2)16-15(17(23-21)11-7-9-12(25)10-8-11)18(26)24(19(16)27)14-6-4-3-5-13(14)22/h3-10,15-17,23,25H,1-2H3/t15-,16+,17-,21-/m0/s1. The van der Waals surface area contributed by atoms with Crippen molar-refractivity contribution in [3.63, 3.8) is 0 Å². The molecule has 4 atom stereocenters. The normalized spacial score (nSPS) is 28.5. The molecule has 0 unspecified atom stereocenters. The van der Waals surface area contributed by atoms with E-state index in [4.69, 9.17) is 4.74 Å². The van der Waals surface area contributed by atoms with E-state index in [9.17, 15) is 23.9 Å². The Hall–Kier alpha value is -3.26. The van der Waals surface area contributed by atoms with Gasteiger partial charge in [0.25, 0.3) is 0 Å². The van der Waals surface area contributed by atoms with Crippen molar-refractivity contribution in [2.24, 2.45) is 11.8 Å². The van der Waals surface area contributed by atoms with Crippen molar-refractivity contribution in [3.05, 3.63) is 59.9 Å². The molecule has 0 aromatic heterocycles. The molecule has 0 radical (unpaired) electrons. The predicted molar refractivity (Wildman–Crippen MR) is 100 cm³/mol.